The minimum atomic E-state index is -0.872. The highest BCUT2D eigenvalue weighted by atomic mass is 16.5. The zero-order valence-electron chi connectivity index (χ0n) is 17.2. The summed E-state index contributed by atoms with van der Waals surface area (Å²) in [5, 5.41) is 13.9. The fourth-order valence-corrected chi connectivity index (χ4v) is 3.83. The first kappa shape index (κ1) is 19.8. The maximum atomic E-state index is 11.8. The summed E-state index contributed by atoms with van der Waals surface area (Å²) in [5.41, 5.74) is 5.40. The number of hydrogen-bond acceptors (Lipinski definition) is 4. The third-order valence-electron chi connectivity index (χ3n) is 5.40. The van der Waals surface area contributed by atoms with E-state index in [9.17, 15) is 9.90 Å². The Morgan fingerprint density at radius 3 is 2.77 bits per heavy atom. The number of ether oxygens (including phenoxy) is 1. The van der Waals surface area contributed by atoms with Crippen molar-refractivity contribution in [3.8, 4) is 16.9 Å². The number of aromatic nitrogens is 2. The molecule has 154 valence electrons. The van der Waals surface area contributed by atoms with Gasteiger partial charge in [-0.1, -0.05) is 24.3 Å². The molecule has 6 heteroatoms. The van der Waals surface area contributed by atoms with E-state index in [4.69, 9.17) is 4.74 Å². The number of carbonyl (C=O) groups is 1. The third kappa shape index (κ3) is 3.94. The van der Waals surface area contributed by atoms with Gasteiger partial charge in [-0.2, -0.15) is 5.10 Å². The van der Waals surface area contributed by atoms with Crippen molar-refractivity contribution < 1.29 is 14.6 Å². The Balaban J connectivity index is 1.78. The second-order valence-corrected chi connectivity index (χ2v) is 7.30. The van der Waals surface area contributed by atoms with Crippen molar-refractivity contribution in [3.63, 3.8) is 0 Å². The molecule has 0 saturated heterocycles. The SMILES string of the molecule is CCOc1ccccc1-c1ccc2c(c1)C=C(C(=O)O)CCN2Cc1ccnn1C. The highest BCUT2D eigenvalue weighted by molar-refractivity contribution is 5.94. The van der Waals surface area contributed by atoms with Crippen LogP contribution in [0.1, 0.15) is 24.6 Å². The van der Waals surface area contributed by atoms with Gasteiger partial charge in [0, 0.05) is 36.6 Å². The van der Waals surface area contributed by atoms with Crippen LogP contribution < -0.4 is 9.64 Å². The monoisotopic (exact) mass is 403 g/mol. The van der Waals surface area contributed by atoms with Crippen LogP contribution >= 0.6 is 0 Å². The minimum Gasteiger partial charge on any atom is -0.493 e. The van der Waals surface area contributed by atoms with E-state index < -0.39 is 5.97 Å². The molecule has 0 aliphatic carbocycles. The van der Waals surface area contributed by atoms with Crippen LogP contribution in [0.5, 0.6) is 5.75 Å². The fourth-order valence-electron chi connectivity index (χ4n) is 3.83. The molecule has 0 fully saturated rings. The molecule has 3 aromatic rings. The maximum Gasteiger partial charge on any atom is 0.331 e. The topological polar surface area (TPSA) is 67.6 Å². The molecule has 1 aliphatic heterocycles. The molecule has 4 rings (SSSR count). The number of fused-ring (bicyclic) bond motifs is 1. The first-order chi connectivity index (χ1) is 14.6. The lowest BCUT2D eigenvalue weighted by Crippen LogP contribution is -2.25. The van der Waals surface area contributed by atoms with Gasteiger partial charge < -0.3 is 14.7 Å². The molecule has 2 aromatic carbocycles. The summed E-state index contributed by atoms with van der Waals surface area (Å²) in [5.74, 6) is -0.0498. The molecule has 1 N–H and O–H groups in total. The Labute approximate surface area is 176 Å². The normalized spacial score (nSPS) is 13.4. The molecule has 0 spiro atoms. The third-order valence-corrected chi connectivity index (χ3v) is 5.40. The van der Waals surface area contributed by atoms with E-state index in [1.807, 2.05) is 49.0 Å². The van der Waals surface area contributed by atoms with Crippen LogP contribution in [0.2, 0.25) is 0 Å². The minimum absolute atomic E-state index is 0.416. The molecular formula is C24H25N3O3. The Kier molecular flexibility index (Phi) is 5.57. The standard InChI is InChI=1S/C24H25N3O3/c1-3-30-23-7-5-4-6-21(23)17-8-9-22-19(14-17)15-18(24(28)29)11-13-27(22)16-20-10-12-25-26(20)2/h4-10,12,14-15H,3,11,13,16H2,1-2H3,(H,28,29). The summed E-state index contributed by atoms with van der Waals surface area (Å²) in [4.78, 5) is 14.0. The average Bonchev–Trinajstić information content (AvgIpc) is 3.05. The van der Waals surface area contributed by atoms with Gasteiger partial charge in [-0.25, -0.2) is 4.79 Å². The molecule has 0 saturated carbocycles. The molecule has 6 nitrogen and oxygen atoms in total. The summed E-state index contributed by atoms with van der Waals surface area (Å²) < 4.78 is 7.64. The lowest BCUT2D eigenvalue weighted by molar-refractivity contribution is -0.132. The van der Waals surface area contributed by atoms with Crippen LogP contribution in [-0.2, 0) is 18.4 Å². The number of aliphatic carboxylic acids is 1. The molecular weight excluding hydrogens is 378 g/mol. The van der Waals surface area contributed by atoms with E-state index in [1.165, 1.54) is 0 Å². The van der Waals surface area contributed by atoms with Crippen molar-refractivity contribution in [1.29, 1.82) is 0 Å². The van der Waals surface area contributed by atoms with Gasteiger partial charge in [-0.3, -0.25) is 4.68 Å². The van der Waals surface area contributed by atoms with Gasteiger partial charge >= 0.3 is 5.97 Å². The van der Waals surface area contributed by atoms with E-state index >= 15 is 0 Å². The van der Waals surface area contributed by atoms with Crippen molar-refractivity contribution in [3.05, 3.63) is 71.6 Å². The number of carboxylic acid groups (broad SMARTS) is 1. The van der Waals surface area contributed by atoms with Crippen LogP contribution in [0.25, 0.3) is 17.2 Å². The molecule has 2 heterocycles. The highest BCUT2D eigenvalue weighted by Gasteiger charge is 2.21. The van der Waals surface area contributed by atoms with Gasteiger partial charge in [0.2, 0.25) is 0 Å². The Morgan fingerprint density at radius 1 is 1.20 bits per heavy atom. The number of aryl methyl sites for hydroxylation is 1. The molecule has 0 atom stereocenters. The van der Waals surface area contributed by atoms with E-state index in [2.05, 4.69) is 28.2 Å². The van der Waals surface area contributed by atoms with Crippen molar-refractivity contribution >= 4 is 17.7 Å². The molecule has 1 aromatic heterocycles. The predicted octanol–water partition coefficient (Wildman–Crippen LogP) is 4.36. The van der Waals surface area contributed by atoms with Gasteiger partial charge in [0.05, 0.1) is 18.8 Å². The smallest absolute Gasteiger partial charge is 0.331 e. The summed E-state index contributed by atoms with van der Waals surface area (Å²) in [6, 6.07) is 16.1. The Morgan fingerprint density at radius 2 is 2.03 bits per heavy atom. The molecule has 30 heavy (non-hydrogen) atoms. The number of anilines is 1. The number of carboxylic acids is 1. The number of rotatable bonds is 6. The number of nitrogens with zero attached hydrogens (tertiary/aromatic N) is 3. The first-order valence-electron chi connectivity index (χ1n) is 10.1. The average molecular weight is 403 g/mol. The van der Waals surface area contributed by atoms with E-state index in [0.29, 0.717) is 31.7 Å². The van der Waals surface area contributed by atoms with Crippen LogP contribution in [0.3, 0.4) is 0 Å². The van der Waals surface area contributed by atoms with Gasteiger partial charge in [-0.05, 0) is 54.8 Å². The Hall–Kier alpha value is -3.54. The van der Waals surface area contributed by atoms with E-state index in [1.54, 1.807) is 12.3 Å². The van der Waals surface area contributed by atoms with E-state index in [0.717, 1.165) is 33.8 Å². The van der Waals surface area contributed by atoms with Crippen molar-refractivity contribution in [1.82, 2.24) is 9.78 Å². The van der Waals surface area contributed by atoms with E-state index in [-0.39, 0.29) is 0 Å². The number of para-hydroxylation sites is 1. The molecule has 0 bridgehead atoms. The van der Waals surface area contributed by atoms with Crippen molar-refractivity contribution in [2.45, 2.75) is 19.9 Å². The quantitative estimate of drug-likeness (QED) is 0.662. The zero-order valence-corrected chi connectivity index (χ0v) is 17.2. The summed E-state index contributed by atoms with van der Waals surface area (Å²) in [6.07, 6.45) is 4.06. The predicted molar refractivity (Wildman–Crippen MR) is 118 cm³/mol. The van der Waals surface area contributed by atoms with Gasteiger partial charge in [0.15, 0.2) is 0 Å². The van der Waals surface area contributed by atoms with Crippen LogP contribution in [0, 0.1) is 0 Å². The molecule has 0 amide bonds. The van der Waals surface area contributed by atoms with Crippen LogP contribution in [-0.4, -0.2) is 34.0 Å². The Bertz CT molecular complexity index is 1100. The second-order valence-electron chi connectivity index (χ2n) is 7.30. The maximum absolute atomic E-state index is 11.8. The number of benzene rings is 2. The van der Waals surface area contributed by atoms with Crippen LogP contribution in [0.4, 0.5) is 5.69 Å². The summed E-state index contributed by atoms with van der Waals surface area (Å²) in [6.45, 7) is 3.85. The first-order valence-corrected chi connectivity index (χ1v) is 10.1. The largest absolute Gasteiger partial charge is 0.493 e. The van der Waals surface area contributed by atoms with Crippen LogP contribution in [0.15, 0.2) is 60.3 Å². The van der Waals surface area contributed by atoms with Crippen molar-refractivity contribution in [2.24, 2.45) is 7.05 Å². The summed E-state index contributed by atoms with van der Waals surface area (Å²) in [7, 11) is 1.92. The van der Waals surface area contributed by atoms with Gasteiger partial charge in [0.25, 0.3) is 0 Å². The molecule has 0 radical (unpaired) electrons. The van der Waals surface area contributed by atoms with Gasteiger partial charge in [0.1, 0.15) is 5.75 Å². The number of hydrogen-bond donors (Lipinski definition) is 1. The zero-order chi connectivity index (χ0) is 21.1. The fraction of sp³-hybridized carbons (Fsp3) is 0.250. The lowest BCUT2D eigenvalue weighted by atomic mass is 9.99. The molecule has 1 aliphatic rings. The molecule has 0 unspecified atom stereocenters. The van der Waals surface area contributed by atoms with Crippen molar-refractivity contribution in [2.75, 3.05) is 18.1 Å². The second kappa shape index (κ2) is 8.45. The highest BCUT2D eigenvalue weighted by Crippen LogP contribution is 2.36. The van der Waals surface area contributed by atoms with Gasteiger partial charge in [-0.15, -0.1) is 0 Å². The lowest BCUT2D eigenvalue weighted by Gasteiger charge is -2.25. The summed E-state index contributed by atoms with van der Waals surface area (Å²) >= 11 is 0.